The minimum absolute atomic E-state index is 0.0153. The van der Waals surface area contributed by atoms with Crippen LogP contribution in [0.2, 0.25) is 5.02 Å². The lowest BCUT2D eigenvalue weighted by Crippen LogP contribution is -2.37. The van der Waals surface area contributed by atoms with E-state index in [4.69, 9.17) is 16.3 Å². The molecule has 13 heteroatoms. The highest BCUT2D eigenvalue weighted by molar-refractivity contribution is 7.92. The highest BCUT2D eigenvalue weighted by Gasteiger charge is 2.23. The van der Waals surface area contributed by atoms with Gasteiger partial charge in [0.2, 0.25) is 26.0 Å². The molecule has 0 aliphatic carbocycles. The summed E-state index contributed by atoms with van der Waals surface area (Å²) in [5, 5.41) is 2.14. The topological polar surface area (TPSA) is 122 Å². The van der Waals surface area contributed by atoms with Gasteiger partial charge in [-0.05, 0) is 50.2 Å². The number of carbonyl (C=O) groups excluding carboxylic acids is 1. The van der Waals surface area contributed by atoms with Gasteiger partial charge in [0.15, 0.2) is 0 Å². The van der Waals surface area contributed by atoms with Crippen LogP contribution in [-0.2, 0) is 24.8 Å². The Balaban J connectivity index is 2.35. The number of anilines is 2. The number of benzene rings is 2. The van der Waals surface area contributed by atoms with Crippen LogP contribution in [-0.4, -0.2) is 48.7 Å². The molecule has 0 radical (unpaired) electrons. The molecule has 2 aromatic carbocycles. The number of nitrogens with zero attached hydrogens (tertiary/aromatic N) is 1. The second kappa shape index (κ2) is 10.0. The molecule has 0 unspecified atom stereocenters. The van der Waals surface area contributed by atoms with Crippen molar-refractivity contribution in [3.63, 3.8) is 0 Å². The summed E-state index contributed by atoms with van der Waals surface area (Å²) in [7, 11) is -6.47. The van der Waals surface area contributed by atoms with E-state index in [2.05, 4.69) is 10.0 Å². The van der Waals surface area contributed by atoms with E-state index in [1.54, 1.807) is 13.8 Å². The lowest BCUT2D eigenvalue weighted by atomic mass is 10.3. The van der Waals surface area contributed by atoms with Gasteiger partial charge in [-0.2, -0.15) is 0 Å². The number of sulfonamides is 2. The highest BCUT2D eigenvalue weighted by atomic mass is 35.5. The number of methoxy groups -OCH3 is 1. The molecule has 0 bridgehead atoms. The molecular weight excluding hydrogens is 485 g/mol. The zero-order valence-corrected chi connectivity index (χ0v) is 20.1. The van der Waals surface area contributed by atoms with Crippen molar-refractivity contribution in [1.82, 2.24) is 4.72 Å². The standard InChI is InChI=1S/C19H23ClFN3O6S2/c1-12(2)23-32(28,29)14-6-8-18(30-3)17(10-14)22-19(25)11-24(31(4,26)27)13-5-7-16(21)15(20)9-13/h5-10,12,23H,11H2,1-4H3,(H,22,25). The Bertz CT molecular complexity index is 1220. The normalized spacial score (nSPS) is 12.0. The van der Waals surface area contributed by atoms with Crippen LogP contribution in [0, 0.1) is 5.82 Å². The first-order valence-corrected chi connectivity index (χ1v) is 12.9. The fraction of sp³-hybridized carbons (Fsp3) is 0.316. The maximum absolute atomic E-state index is 13.5. The van der Waals surface area contributed by atoms with E-state index in [9.17, 15) is 26.0 Å². The number of hydrogen-bond donors (Lipinski definition) is 2. The van der Waals surface area contributed by atoms with Gasteiger partial charge in [-0.1, -0.05) is 11.6 Å². The van der Waals surface area contributed by atoms with Gasteiger partial charge < -0.3 is 10.1 Å². The zero-order chi connectivity index (χ0) is 24.3. The van der Waals surface area contributed by atoms with Gasteiger partial charge >= 0.3 is 0 Å². The summed E-state index contributed by atoms with van der Waals surface area (Å²) in [5.74, 6) is -1.37. The van der Waals surface area contributed by atoms with Crippen molar-refractivity contribution in [2.24, 2.45) is 0 Å². The van der Waals surface area contributed by atoms with E-state index < -0.39 is 38.3 Å². The number of hydrogen-bond acceptors (Lipinski definition) is 6. The minimum Gasteiger partial charge on any atom is -0.495 e. The van der Waals surface area contributed by atoms with Gasteiger partial charge in [0.1, 0.15) is 18.1 Å². The predicted molar refractivity (Wildman–Crippen MR) is 121 cm³/mol. The Morgan fingerprint density at radius 2 is 1.81 bits per heavy atom. The SMILES string of the molecule is COc1ccc(S(=O)(=O)NC(C)C)cc1NC(=O)CN(c1ccc(F)c(Cl)c1)S(C)(=O)=O. The molecule has 32 heavy (non-hydrogen) atoms. The Labute approximate surface area is 191 Å². The molecule has 0 saturated carbocycles. The second-order valence-corrected chi connectivity index (χ2v) is 11.1. The molecule has 0 spiro atoms. The van der Waals surface area contributed by atoms with Gasteiger partial charge in [0.25, 0.3) is 0 Å². The van der Waals surface area contributed by atoms with Gasteiger partial charge in [0.05, 0.1) is 34.7 Å². The number of ether oxygens (including phenoxy) is 1. The van der Waals surface area contributed by atoms with Gasteiger partial charge in [0, 0.05) is 6.04 Å². The zero-order valence-electron chi connectivity index (χ0n) is 17.7. The third-order valence-electron chi connectivity index (χ3n) is 4.02. The number of carbonyl (C=O) groups is 1. The van der Waals surface area contributed by atoms with Crippen LogP contribution in [0.25, 0.3) is 0 Å². The summed E-state index contributed by atoms with van der Waals surface area (Å²) in [6.07, 6.45) is 0.878. The van der Waals surface area contributed by atoms with E-state index in [1.807, 2.05) is 0 Å². The molecule has 176 valence electrons. The Kier molecular flexibility index (Phi) is 8.10. The predicted octanol–water partition coefficient (Wildman–Crippen LogP) is 2.58. The average molecular weight is 508 g/mol. The van der Waals surface area contributed by atoms with Crippen molar-refractivity contribution >= 4 is 48.9 Å². The van der Waals surface area contributed by atoms with Crippen molar-refractivity contribution < 1.29 is 30.8 Å². The van der Waals surface area contributed by atoms with Crippen LogP contribution < -0.4 is 19.1 Å². The average Bonchev–Trinajstić information content (AvgIpc) is 2.66. The molecule has 0 atom stereocenters. The number of halogens is 2. The summed E-state index contributed by atoms with van der Waals surface area (Å²) in [6.45, 7) is 2.64. The van der Waals surface area contributed by atoms with Crippen molar-refractivity contribution in [2.75, 3.05) is 29.5 Å². The third kappa shape index (κ3) is 6.55. The summed E-state index contributed by atoms with van der Waals surface area (Å²) in [5.41, 5.74) is 0.00759. The van der Waals surface area contributed by atoms with Crippen LogP contribution in [0.3, 0.4) is 0 Å². The summed E-state index contributed by atoms with van der Waals surface area (Å²) in [6, 6.07) is 6.73. The maximum Gasteiger partial charge on any atom is 0.245 e. The molecular formula is C19H23ClFN3O6S2. The second-order valence-electron chi connectivity index (χ2n) is 7.05. The van der Waals surface area contributed by atoms with Crippen molar-refractivity contribution in [3.05, 3.63) is 47.2 Å². The molecule has 0 fully saturated rings. The molecule has 2 N–H and O–H groups in total. The van der Waals surface area contributed by atoms with E-state index in [0.29, 0.717) is 0 Å². The smallest absolute Gasteiger partial charge is 0.245 e. The first-order valence-electron chi connectivity index (χ1n) is 9.17. The maximum atomic E-state index is 13.5. The first-order chi connectivity index (χ1) is 14.7. The van der Waals surface area contributed by atoms with E-state index in [1.165, 1.54) is 31.4 Å². The number of amides is 1. The summed E-state index contributed by atoms with van der Waals surface area (Å²) in [4.78, 5) is 12.5. The minimum atomic E-state index is -3.94. The Morgan fingerprint density at radius 3 is 2.34 bits per heavy atom. The lowest BCUT2D eigenvalue weighted by Gasteiger charge is -2.22. The van der Waals surface area contributed by atoms with Crippen LogP contribution in [0.5, 0.6) is 5.75 Å². The number of nitrogens with one attached hydrogen (secondary N) is 2. The monoisotopic (exact) mass is 507 g/mol. The van der Waals surface area contributed by atoms with Crippen LogP contribution in [0.4, 0.5) is 15.8 Å². The van der Waals surface area contributed by atoms with Gasteiger partial charge in [-0.15, -0.1) is 0 Å². The van der Waals surface area contributed by atoms with E-state index in [0.717, 1.165) is 22.7 Å². The van der Waals surface area contributed by atoms with E-state index >= 15 is 0 Å². The Hall–Kier alpha value is -2.41. The molecule has 1 amide bonds. The number of rotatable bonds is 9. The van der Waals surface area contributed by atoms with Crippen LogP contribution in [0.15, 0.2) is 41.3 Å². The summed E-state index contributed by atoms with van der Waals surface area (Å²) < 4.78 is 71.1. The van der Waals surface area contributed by atoms with Gasteiger partial charge in [-0.25, -0.2) is 25.9 Å². The lowest BCUT2D eigenvalue weighted by molar-refractivity contribution is -0.114. The molecule has 0 saturated heterocycles. The fourth-order valence-corrected chi connectivity index (χ4v) is 4.99. The van der Waals surface area contributed by atoms with E-state index in [-0.39, 0.29) is 33.1 Å². The summed E-state index contributed by atoms with van der Waals surface area (Å²) >= 11 is 5.73. The van der Waals surface area contributed by atoms with Crippen molar-refractivity contribution in [3.8, 4) is 5.75 Å². The fourth-order valence-electron chi connectivity index (χ4n) is 2.69. The first kappa shape index (κ1) is 25.8. The van der Waals surface area contributed by atoms with Crippen LogP contribution >= 0.6 is 11.6 Å². The quantitative estimate of drug-likeness (QED) is 0.538. The Morgan fingerprint density at radius 1 is 1.16 bits per heavy atom. The van der Waals surface area contributed by atoms with Crippen molar-refractivity contribution in [1.29, 1.82) is 0 Å². The molecule has 2 aromatic rings. The van der Waals surface area contributed by atoms with Crippen LogP contribution in [0.1, 0.15) is 13.8 Å². The highest BCUT2D eigenvalue weighted by Crippen LogP contribution is 2.28. The molecule has 0 aromatic heterocycles. The molecule has 0 heterocycles. The molecule has 0 aliphatic heterocycles. The van der Waals surface area contributed by atoms with Crippen molar-refractivity contribution in [2.45, 2.75) is 24.8 Å². The third-order valence-corrected chi connectivity index (χ3v) is 7.11. The van der Waals surface area contributed by atoms with Gasteiger partial charge in [-0.3, -0.25) is 9.10 Å². The molecule has 2 rings (SSSR count). The molecule has 0 aliphatic rings. The molecule has 9 nitrogen and oxygen atoms in total. The largest absolute Gasteiger partial charge is 0.495 e.